The van der Waals surface area contributed by atoms with Gasteiger partial charge < -0.3 is 4.74 Å². The standard InChI is InChI=1S/C10H10ClNO4/c1-3-16-10(13)7-5-4-6(2)9(8(7)11)12(14)15/h4-5H,3H2,1-2H3. The highest BCUT2D eigenvalue weighted by atomic mass is 35.5. The minimum absolute atomic E-state index is 0.0146. The number of rotatable bonds is 3. The molecule has 0 fully saturated rings. The molecule has 0 aliphatic rings. The molecule has 86 valence electrons. The van der Waals surface area contributed by atoms with Crippen molar-refractivity contribution < 1.29 is 14.5 Å². The second kappa shape index (κ2) is 4.94. The van der Waals surface area contributed by atoms with Crippen molar-refractivity contribution in [2.45, 2.75) is 13.8 Å². The number of benzene rings is 1. The molecule has 0 bridgehead atoms. The van der Waals surface area contributed by atoms with Crippen LogP contribution in [-0.4, -0.2) is 17.5 Å². The maximum absolute atomic E-state index is 11.4. The molecule has 0 heterocycles. The van der Waals surface area contributed by atoms with Gasteiger partial charge in [0.05, 0.1) is 17.1 Å². The molecule has 0 saturated carbocycles. The van der Waals surface area contributed by atoms with Gasteiger partial charge in [0.1, 0.15) is 5.02 Å². The third-order valence-corrected chi connectivity index (χ3v) is 2.38. The largest absolute Gasteiger partial charge is 0.462 e. The van der Waals surface area contributed by atoms with E-state index in [1.54, 1.807) is 13.8 Å². The minimum atomic E-state index is -0.657. The Morgan fingerprint density at radius 2 is 2.19 bits per heavy atom. The first-order chi connectivity index (χ1) is 7.49. The van der Waals surface area contributed by atoms with E-state index in [9.17, 15) is 14.9 Å². The molecule has 0 amide bonds. The number of aryl methyl sites for hydroxylation is 1. The van der Waals surface area contributed by atoms with Gasteiger partial charge in [0.2, 0.25) is 0 Å². The second-order valence-corrected chi connectivity index (χ2v) is 3.45. The van der Waals surface area contributed by atoms with E-state index in [4.69, 9.17) is 16.3 Å². The van der Waals surface area contributed by atoms with Crippen molar-refractivity contribution >= 4 is 23.3 Å². The van der Waals surface area contributed by atoms with Gasteiger partial charge in [0.15, 0.2) is 0 Å². The number of nitro groups is 1. The number of hydrogen-bond donors (Lipinski definition) is 0. The third kappa shape index (κ3) is 2.30. The van der Waals surface area contributed by atoms with Crippen LogP contribution in [0, 0.1) is 17.0 Å². The maximum atomic E-state index is 11.4. The van der Waals surface area contributed by atoms with Crippen LogP contribution < -0.4 is 0 Å². The van der Waals surface area contributed by atoms with Crippen molar-refractivity contribution in [3.8, 4) is 0 Å². The number of carbonyl (C=O) groups excluding carboxylic acids is 1. The molecule has 16 heavy (non-hydrogen) atoms. The van der Waals surface area contributed by atoms with Crippen LogP contribution in [0.2, 0.25) is 5.02 Å². The van der Waals surface area contributed by atoms with Gasteiger partial charge in [0.25, 0.3) is 5.69 Å². The zero-order valence-corrected chi connectivity index (χ0v) is 9.58. The van der Waals surface area contributed by atoms with Gasteiger partial charge in [-0.1, -0.05) is 17.7 Å². The first-order valence-electron chi connectivity index (χ1n) is 4.59. The summed E-state index contributed by atoms with van der Waals surface area (Å²) in [6, 6.07) is 2.89. The van der Waals surface area contributed by atoms with E-state index in [2.05, 4.69) is 0 Å². The molecule has 0 aromatic heterocycles. The number of carbonyl (C=O) groups is 1. The van der Waals surface area contributed by atoms with Crippen molar-refractivity contribution in [1.82, 2.24) is 0 Å². The van der Waals surface area contributed by atoms with Crippen LogP contribution in [0.15, 0.2) is 12.1 Å². The summed E-state index contributed by atoms with van der Waals surface area (Å²) >= 11 is 5.80. The minimum Gasteiger partial charge on any atom is -0.462 e. The van der Waals surface area contributed by atoms with Gasteiger partial charge in [-0.05, 0) is 19.9 Å². The third-order valence-electron chi connectivity index (χ3n) is 2.00. The maximum Gasteiger partial charge on any atom is 0.339 e. The lowest BCUT2D eigenvalue weighted by atomic mass is 10.1. The van der Waals surface area contributed by atoms with Gasteiger partial charge in [-0.25, -0.2) is 4.79 Å². The van der Waals surface area contributed by atoms with Crippen LogP contribution in [0.3, 0.4) is 0 Å². The van der Waals surface area contributed by atoms with E-state index >= 15 is 0 Å². The topological polar surface area (TPSA) is 69.4 Å². The monoisotopic (exact) mass is 243 g/mol. The first-order valence-corrected chi connectivity index (χ1v) is 4.97. The van der Waals surface area contributed by atoms with Gasteiger partial charge in [0, 0.05) is 5.56 Å². The zero-order valence-electron chi connectivity index (χ0n) is 8.82. The van der Waals surface area contributed by atoms with E-state index in [0.717, 1.165) is 0 Å². The fraction of sp³-hybridized carbons (Fsp3) is 0.300. The highest BCUT2D eigenvalue weighted by Gasteiger charge is 2.23. The normalized spacial score (nSPS) is 9.94. The average Bonchev–Trinajstić information content (AvgIpc) is 2.17. The van der Waals surface area contributed by atoms with Crippen LogP contribution in [-0.2, 0) is 4.74 Å². The lowest BCUT2D eigenvalue weighted by Gasteiger charge is -2.05. The van der Waals surface area contributed by atoms with Crippen molar-refractivity contribution in [3.63, 3.8) is 0 Å². The lowest BCUT2D eigenvalue weighted by molar-refractivity contribution is -0.385. The van der Waals surface area contributed by atoms with Crippen molar-refractivity contribution in [3.05, 3.63) is 38.4 Å². The highest BCUT2D eigenvalue weighted by molar-refractivity contribution is 6.35. The summed E-state index contributed by atoms with van der Waals surface area (Å²) in [4.78, 5) is 21.6. The number of nitro benzene ring substituents is 1. The Balaban J connectivity index is 3.29. The molecule has 1 aromatic carbocycles. The summed E-state index contributed by atoms with van der Waals surface area (Å²) in [6.45, 7) is 3.39. The quantitative estimate of drug-likeness (QED) is 0.465. The second-order valence-electron chi connectivity index (χ2n) is 3.07. The smallest absolute Gasteiger partial charge is 0.339 e. The van der Waals surface area contributed by atoms with Crippen molar-refractivity contribution in [2.75, 3.05) is 6.61 Å². The van der Waals surface area contributed by atoms with Gasteiger partial charge in [-0.2, -0.15) is 0 Å². The summed E-state index contributed by atoms with van der Waals surface area (Å²) < 4.78 is 4.74. The number of nitrogens with zero attached hydrogens (tertiary/aromatic N) is 1. The van der Waals surface area contributed by atoms with E-state index in [1.165, 1.54) is 12.1 Å². The summed E-state index contributed by atoms with van der Waals surface area (Å²) in [7, 11) is 0. The Morgan fingerprint density at radius 3 is 2.69 bits per heavy atom. The fourth-order valence-electron chi connectivity index (χ4n) is 1.25. The van der Waals surface area contributed by atoms with E-state index < -0.39 is 10.9 Å². The van der Waals surface area contributed by atoms with Crippen molar-refractivity contribution in [1.29, 1.82) is 0 Å². The molecule has 0 atom stereocenters. The highest BCUT2D eigenvalue weighted by Crippen LogP contribution is 2.31. The van der Waals surface area contributed by atoms with Gasteiger partial charge >= 0.3 is 5.97 Å². The molecule has 0 radical (unpaired) electrons. The molecule has 1 rings (SSSR count). The van der Waals surface area contributed by atoms with Gasteiger partial charge in [-0.15, -0.1) is 0 Å². The predicted molar refractivity (Wildman–Crippen MR) is 58.8 cm³/mol. The Bertz CT molecular complexity index is 445. The SMILES string of the molecule is CCOC(=O)c1ccc(C)c([N+](=O)[O-])c1Cl. The molecule has 0 aliphatic carbocycles. The Morgan fingerprint density at radius 1 is 1.56 bits per heavy atom. The Kier molecular flexibility index (Phi) is 3.84. The molecule has 0 unspecified atom stereocenters. The first kappa shape index (κ1) is 12.4. The van der Waals surface area contributed by atoms with Gasteiger partial charge in [-0.3, -0.25) is 10.1 Å². The van der Waals surface area contributed by atoms with Crippen molar-refractivity contribution in [2.24, 2.45) is 0 Å². The van der Waals surface area contributed by atoms with E-state index in [0.29, 0.717) is 5.56 Å². The summed E-state index contributed by atoms with van der Waals surface area (Å²) in [5.74, 6) is -0.657. The number of hydrogen-bond acceptors (Lipinski definition) is 4. The molecular weight excluding hydrogens is 234 g/mol. The average molecular weight is 244 g/mol. The predicted octanol–water partition coefficient (Wildman–Crippen LogP) is 2.73. The number of esters is 1. The van der Waals surface area contributed by atoms with Crippen LogP contribution in [0.4, 0.5) is 5.69 Å². The molecule has 0 spiro atoms. The summed E-state index contributed by atoms with van der Waals surface area (Å²) in [5.41, 5.74) is 0.163. The molecular formula is C10H10ClNO4. The molecule has 0 N–H and O–H groups in total. The number of halogens is 1. The Hall–Kier alpha value is -1.62. The summed E-state index contributed by atoms with van der Waals surface area (Å²) in [5, 5.41) is 10.6. The van der Waals surface area contributed by atoms with Crippen LogP contribution in [0.25, 0.3) is 0 Å². The lowest BCUT2D eigenvalue weighted by Crippen LogP contribution is -2.07. The molecule has 0 saturated heterocycles. The molecule has 0 aliphatic heterocycles. The number of ether oxygens (including phenoxy) is 1. The zero-order chi connectivity index (χ0) is 12.3. The van der Waals surface area contributed by atoms with Crippen LogP contribution in [0.5, 0.6) is 0 Å². The fourth-order valence-corrected chi connectivity index (χ4v) is 1.61. The molecule has 1 aromatic rings. The van der Waals surface area contributed by atoms with Crippen LogP contribution in [0.1, 0.15) is 22.8 Å². The molecule has 5 nitrogen and oxygen atoms in total. The molecule has 6 heteroatoms. The van der Waals surface area contributed by atoms with E-state index in [-0.39, 0.29) is 22.9 Å². The van der Waals surface area contributed by atoms with Crippen LogP contribution >= 0.6 is 11.6 Å². The Labute approximate surface area is 97.1 Å². The summed E-state index contributed by atoms with van der Waals surface area (Å²) in [6.07, 6.45) is 0. The van der Waals surface area contributed by atoms with E-state index in [1.807, 2.05) is 0 Å².